The fraction of sp³-hybridized carbons (Fsp3) is 0.118. The lowest BCUT2D eigenvalue weighted by Crippen LogP contribution is -2.30. The van der Waals surface area contributed by atoms with Crippen LogP contribution in [-0.2, 0) is 4.74 Å². The first kappa shape index (κ1) is 16.2. The average Bonchev–Trinajstić information content (AvgIpc) is 2.84. The number of carbonyl (C=O) groups is 3. The van der Waals surface area contributed by atoms with Crippen LogP contribution < -0.4 is 9.64 Å². The smallest absolute Gasteiger partial charge is 0.341 e. The second kappa shape index (κ2) is 6.09. The molecule has 0 unspecified atom stereocenters. The first-order chi connectivity index (χ1) is 11.5. The zero-order chi connectivity index (χ0) is 17.4. The third-order valence-corrected chi connectivity index (χ3v) is 4.14. The molecule has 0 N–H and O–H groups in total. The van der Waals surface area contributed by atoms with E-state index < -0.39 is 17.8 Å². The summed E-state index contributed by atoms with van der Waals surface area (Å²) in [7, 11) is 2.60. The summed E-state index contributed by atoms with van der Waals surface area (Å²) in [5, 5.41) is 0. The maximum atomic E-state index is 12.7. The van der Waals surface area contributed by atoms with Crippen LogP contribution in [0, 0.1) is 0 Å². The molecule has 6 nitrogen and oxygen atoms in total. The van der Waals surface area contributed by atoms with E-state index in [0.717, 1.165) is 4.90 Å². The molecule has 0 atom stereocenters. The number of fused-ring (bicyclic) bond motifs is 1. The summed E-state index contributed by atoms with van der Waals surface area (Å²) in [5.74, 6) is -1.48. The molecular weight excluding hydrogens is 378 g/mol. The normalized spacial score (nSPS) is 13.0. The molecular formula is C17H12BrNO5. The third-order valence-electron chi connectivity index (χ3n) is 3.68. The molecule has 0 aromatic heterocycles. The molecule has 3 rings (SSSR count). The highest BCUT2D eigenvalue weighted by molar-refractivity contribution is 9.10. The van der Waals surface area contributed by atoms with Crippen molar-refractivity contribution < 1.29 is 23.9 Å². The minimum Gasteiger partial charge on any atom is -0.494 e. The van der Waals surface area contributed by atoms with E-state index in [4.69, 9.17) is 9.47 Å². The molecule has 1 heterocycles. The first-order valence-electron chi connectivity index (χ1n) is 6.93. The van der Waals surface area contributed by atoms with E-state index in [1.807, 2.05) is 0 Å². The van der Waals surface area contributed by atoms with Gasteiger partial charge in [0.15, 0.2) is 5.75 Å². The Kier molecular flexibility index (Phi) is 4.11. The Morgan fingerprint density at radius 1 is 1.04 bits per heavy atom. The van der Waals surface area contributed by atoms with Gasteiger partial charge in [-0.15, -0.1) is 0 Å². The van der Waals surface area contributed by atoms with Crippen molar-refractivity contribution in [3.8, 4) is 5.75 Å². The van der Waals surface area contributed by atoms with Crippen molar-refractivity contribution in [1.29, 1.82) is 0 Å². The lowest BCUT2D eigenvalue weighted by molar-refractivity contribution is 0.0596. The standard InChI is InChI=1S/C17H12BrNO5/c1-23-14-12(17(22)24-2)7-9(18)8-13(14)19-15(20)10-5-3-4-6-11(10)16(19)21/h3-8H,1-2H3. The van der Waals surface area contributed by atoms with Crippen molar-refractivity contribution in [3.63, 3.8) is 0 Å². The number of methoxy groups -OCH3 is 2. The van der Waals surface area contributed by atoms with Crippen molar-refractivity contribution in [2.45, 2.75) is 0 Å². The van der Waals surface area contributed by atoms with Crippen LogP contribution in [0.4, 0.5) is 5.69 Å². The molecule has 2 amide bonds. The minimum atomic E-state index is -0.633. The Morgan fingerprint density at radius 3 is 2.12 bits per heavy atom. The fourth-order valence-electron chi connectivity index (χ4n) is 2.63. The van der Waals surface area contributed by atoms with Crippen LogP contribution in [-0.4, -0.2) is 32.0 Å². The van der Waals surface area contributed by atoms with Crippen LogP contribution in [0.1, 0.15) is 31.1 Å². The predicted molar refractivity (Wildman–Crippen MR) is 89.6 cm³/mol. The molecule has 0 aliphatic carbocycles. The van der Waals surface area contributed by atoms with E-state index >= 15 is 0 Å². The highest BCUT2D eigenvalue weighted by atomic mass is 79.9. The van der Waals surface area contributed by atoms with Gasteiger partial charge in [0.2, 0.25) is 0 Å². The summed E-state index contributed by atoms with van der Waals surface area (Å²) in [6, 6.07) is 9.60. The number of anilines is 1. The van der Waals surface area contributed by atoms with Gasteiger partial charge in [-0.1, -0.05) is 28.1 Å². The van der Waals surface area contributed by atoms with Crippen LogP contribution in [0.3, 0.4) is 0 Å². The Morgan fingerprint density at radius 2 is 1.62 bits per heavy atom. The zero-order valence-corrected chi connectivity index (χ0v) is 14.4. The summed E-state index contributed by atoms with van der Waals surface area (Å²) in [5.41, 5.74) is 0.910. The van der Waals surface area contributed by atoms with Gasteiger partial charge in [0, 0.05) is 4.47 Å². The number of ether oxygens (including phenoxy) is 2. The molecule has 0 bridgehead atoms. The van der Waals surface area contributed by atoms with E-state index in [2.05, 4.69) is 15.9 Å². The average molecular weight is 390 g/mol. The SMILES string of the molecule is COC(=O)c1cc(Br)cc(N2C(=O)c3ccccc3C2=O)c1OC. The Labute approximate surface area is 146 Å². The van der Waals surface area contributed by atoms with Gasteiger partial charge in [-0.2, -0.15) is 0 Å². The van der Waals surface area contributed by atoms with Crippen LogP contribution in [0.5, 0.6) is 5.75 Å². The van der Waals surface area contributed by atoms with E-state index in [9.17, 15) is 14.4 Å². The van der Waals surface area contributed by atoms with Crippen molar-refractivity contribution >= 4 is 39.4 Å². The van der Waals surface area contributed by atoms with E-state index in [-0.39, 0.29) is 17.0 Å². The molecule has 1 aliphatic heterocycles. The topological polar surface area (TPSA) is 72.9 Å². The Bertz CT molecular complexity index is 842. The van der Waals surface area contributed by atoms with Crippen LogP contribution in [0.25, 0.3) is 0 Å². The number of hydrogen-bond acceptors (Lipinski definition) is 5. The molecule has 0 saturated heterocycles. The van der Waals surface area contributed by atoms with Crippen LogP contribution in [0.2, 0.25) is 0 Å². The number of rotatable bonds is 3. The molecule has 0 spiro atoms. The first-order valence-corrected chi connectivity index (χ1v) is 7.72. The zero-order valence-electron chi connectivity index (χ0n) is 12.8. The molecule has 2 aromatic rings. The molecule has 0 fully saturated rings. The van der Waals surface area contributed by atoms with Gasteiger partial charge in [0.1, 0.15) is 5.56 Å². The largest absolute Gasteiger partial charge is 0.494 e. The van der Waals surface area contributed by atoms with E-state index in [1.54, 1.807) is 30.3 Å². The van der Waals surface area contributed by atoms with E-state index in [0.29, 0.717) is 15.6 Å². The number of carbonyl (C=O) groups excluding carboxylic acids is 3. The summed E-state index contributed by atoms with van der Waals surface area (Å²) in [6.45, 7) is 0. The monoisotopic (exact) mass is 389 g/mol. The molecule has 1 aliphatic rings. The second-order valence-electron chi connectivity index (χ2n) is 4.99. The van der Waals surface area contributed by atoms with Gasteiger partial charge < -0.3 is 9.47 Å². The maximum Gasteiger partial charge on any atom is 0.341 e. The number of nitrogens with zero attached hydrogens (tertiary/aromatic N) is 1. The van der Waals surface area contributed by atoms with Gasteiger partial charge in [-0.05, 0) is 24.3 Å². The molecule has 0 radical (unpaired) electrons. The number of amides is 2. The lowest BCUT2D eigenvalue weighted by atomic mass is 10.1. The number of imide groups is 1. The lowest BCUT2D eigenvalue weighted by Gasteiger charge is -2.19. The highest BCUT2D eigenvalue weighted by Crippen LogP contribution is 2.39. The maximum absolute atomic E-state index is 12.7. The van der Waals surface area contributed by atoms with E-state index in [1.165, 1.54) is 20.3 Å². The van der Waals surface area contributed by atoms with Crippen molar-refractivity contribution in [3.05, 3.63) is 57.6 Å². The van der Waals surface area contributed by atoms with Gasteiger partial charge in [0.25, 0.3) is 11.8 Å². The molecule has 7 heteroatoms. The van der Waals surface area contributed by atoms with Gasteiger partial charge in [-0.25, -0.2) is 9.69 Å². The molecule has 24 heavy (non-hydrogen) atoms. The number of hydrogen-bond donors (Lipinski definition) is 0. The second-order valence-corrected chi connectivity index (χ2v) is 5.90. The third kappa shape index (κ3) is 2.37. The summed E-state index contributed by atoms with van der Waals surface area (Å²) < 4.78 is 10.5. The predicted octanol–water partition coefficient (Wildman–Crippen LogP) is 3.04. The van der Waals surface area contributed by atoms with Gasteiger partial charge >= 0.3 is 5.97 Å². The van der Waals surface area contributed by atoms with Crippen molar-refractivity contribution in [2.24, 2.45) is 0 Å². The van der Waals surface area contributed by atoms with Gasteiger partial charge in [0.05, 0.1) is 31.0 Å². The number of halogens is 1. The number of esters is 1. The number of benzene rings is 2. The van der Waals surface area contributed by atoms with Crippen LogP contribution >= 0.6 is 15.9 Å². The summed E-state index contributed by atoms with van der Waals surface area (Å²) >= 11 is 3.28. The Balaban J connectivity index is 2.21. The van der Waals surface area contributed by atoms with Crippen molar-refractivity contribution in [1.82, 2.24) is 0 Å². The van der Waals surface area contributed by atoms with Crippen molar-refractivity contribution in [2.75, 3.05) is 19.1 Å². The summed E-state index contributed by atoms with van der Waals surface area (Å²) in [6.07, 6.45) is 0. The molecule has 0 saturated carbocycles. The fourth-order valence-corrected chi connectivity index (χ4v) is 3.08. The molecule has 122 valence electrons. The Hall–Kier alpha value is -2.67. The summed E-state index contributed by atoms with van der Waals surface area (Å²) in [4.78, 5) is 38.3. The molecule has 2 aromatic carbocycles. The van der Waals surface area contributed by atoms with Gasteiger partial charge in [-0.3, -0.25) is 9.59 Å². The quantitative estimate of drug-likeness (QED) is 0.595. The minimum absolute atomic E-state index is 0.0968. The van der Waals surface area contributed by atoms with Crippen LogP contribution in [0.15, 0.2) is 40.9 Å². The highest BCUT2D eigenvalue weighted by Gasteiger charge is 2.38.